The minimum Gasteiger partial charge on any atom is -0.357 e. The molecule has 0 saturated heterocycles. The second-order valence-electron chi connectivity index (χ2n) is 8.71. The SMILES string of the molecule is CNC(=O)[C@H](Cc1ccccc1)N(Cc1ccc(Cl)cc1Cl)C(=O)CCN1C(=O)c2ccccc2S1(=O)=O. The molecule has 1 atom stereocenters. The first-order valence-electron chi connectivity index (χ1n) is 11.8. The maximum Gasteiger partial charge on any atom is 0.269 e. The van der Waals surface area contributed by atoms with E-state index in [0.29, 0.717) is 19.9 Å². The van der Waals surface area contributed by atoms with Gasteiger partial charge in [0.05, 0.1) is 5.56 Å². The highest BCUT2D eigenvalue weighted by Gasteiger charge is 2.41. The Morgan fingerprint density at radius 2 is 1.68 bits per heavy atom. The fraction of sp³-hybridized carbons (Fsp3) is 0.222. The van der Waals surface area contributed by atoms with Gasteiger partial charge in [-0.15, -0.1) is 0 Å². The van der Waals surface area contributed by atoms with Gasteiger partial charge in [0.25, 0.3) is 15.9 Å². The van der Waals surface area contributed by atoms with E-state index in [0.717, 1.165) is 5.56 Å². The Hall–Kier alpha value is -3.40. The number of amides is 3. The standard InChI is InChI=1S/C27H25Cl2N3O5S/c1-30-26(34)23(15-18-7-3-2-4-8-18)31(17-19-11-12-20(28)16-22(19)29)25(33)13-14-32-27(35)21-9-5-6-10-24(21)38(32,36)37/h2-12,16,23H,13-15,17H2,1H3,(H,30,34)/t23-/m0/s1. The second kappa shape index (κ2) is 11.6. The van der Waals surface area contributed by atoms with E-state index >= 15 is 0 Å². The molecule has 8 nitrogen and oxygen atoms in total. The molecule has 0 bridgehead atoms. The summed E-state index contributed by atoms with van der Waals surface area (Å²) in [7, 11) is -2.60. The number of sulfonamides is 1. The summed E-state index contributed by atoms with van der Waals surface area (Å²) in [5.41, 5.74) is 1.45. The predicted molar refractivity (Wildman–Crippen MR) is 144 cm³/mol. The molecule has 0 radical (unpaired) electrons. The molecule has 11 heteroatoms. The van der Waals surface area contributed by atoms with Crippen LogP contribution in [-0.4, -0.2) is 55.0 Å². The summed E-state index contributed by atoms with van der Waals surface area (Å²) < 4.78 is 26.6. The van der Waals surface area contributed by atoms with E-state index in [1.807, 2.05) is 30.3 Å². The van der Waals surface area contributed by atoms with Crippen molar-refractivity contribution in [3.05, 3.63) is 99.5 Å². The van der Waals surface area contributed by atoms with Crippen molar-refractivity contribution in [2.75, 3.05) is 13.6 Å². The Morgan fingerprint density at radius 1 is 1.00 bits per heavy atom. The molecule has 1 heterocycles. The van der Waals surface area contributed by atoms with Crippen molar-refractivity contribution in [2.45, 2.75) is 30.3 Å². The number of rotatable bonds is 9. The molecule has 3 amide bonds. The molecule has 0 unspecified atom stereocenters. The smallest absolute Gasteiger partial charge is 0.269 e. The van der Waals surface area contributed by atoms with Crippen LogP contribution in [0, 0.1) is 0 Å². The Kier molecular flexibility index (Phi) is 8.40. The molecule has 0 spiro atoms. The lowest BCUT2D eigenvalue weighted by molar-refractivity contribution is -0.141. The maximum absolute atomic E-state index is 13.7. The number of carbonyl (C=O) groups excluding carboxylic acids is 3. The van der Waals surface area contributed by atoms with E-state index < -0.39 is 33.8 Å². The summed E-state index contributed by atoms with van der Waals surface area (Å²) in [6.07, 6.45) is -0.115. The maximum atomic E-state index is 13.7. The summed E-state index contributed by atoms with van der Waals surface area (Å²) in [5, 5.41) is 3.35. The molecule has 0 aliphatic carbocycles. The zero-order valence-electron chi connectivity index (χ0n) is 20.4. The molecule has 198 valence electrons. The molecule has 0 aromatic heterocycles. The third-order valence-electron chi connectivity index (χ3n) is 6.31. The summed E-state index contributed by atoms with van der Waals surface area (Å²) >= 11 is 12.4. The van der Waals surface area contributed by atoms with Crippen LogP contribution in [0.4, 0.5) is 0 Å². The molecule has 1 aliphatic rings. The average Bonchev–Trinajstić information content (AvgIpc) is 3.10. The van der Waals surface area contributed by atoms with Gasteiger partial charge in [0.2, 0.25) is 11.8 Å². The summed E-state index contributed by atoms with van der Waals surface area (Å²) in [4.78, 5) is 40.8. The van der Waals surface area contributed by atoms with E-state index in [1.165, 1.54) is 30.1 Å². The number of fused-ring (bicyclic) bond motifs is 1. The molecule has 3 aromatic rings. The van der Waals surface area contributed by atoms with Gasteiger partial charge in [0.1, 0.15) is 10.9 Å². The molecule has 38 heavy (non-hydrogen) atoms. The second-order valence-corrected chi connectivity index (χ2v) is 11.4. The Bertz CT molecular complexity index is 1480. The van der Waals surface area contributed by atoms with Crippen molar-refractivity contribution in [2.24, 2.45) is 0 Å². The zero-order valence-corrected chi connectivity index (χ0v) is 22.8. The number of nitrogens with zero attached hydrogens (tertiary/aromatic N) is 2. The minimum absolute atomic E-state index is 0.0271. The van der Waals surface area contributed by atoms with Crippen LogP contribution in [0.5, 0.6) is 0 Å². The first kappa shape index (κ1) is 27.6. The summed E-state index contributed by atoms with van der Waals surface area (Å²) in [5.74, 6) is -1.60. The quantitative estimate of drug-likeness (QED) is 0.418. The van der Waals surface area contributed by atoms with E-state index in [1.54, 1.807) is 24.3 Å². The fourth-order valence-electron chi connectivity index (χ4n) is 4.35. The lowest BCUT2D eigenvalue weighted by Crippen LogP contribution is -2.50. The van der Waals surface area contributed by atoms with Gasteiger partial charge in [-0.05, 0) is 35.4 Å². The third kappa shape index (κ3) is 5.70. The highest BCUT2D eigenvalue weighted by Crippen LogP contribution is 2.30. The molecule has 0 saturated carbocycles. The lowest BCUT2D eigenvalue weighted by Gasteiger charge is -2.32. The molecule has 3 aromatic carbocycles. The first-order valence-corrected chi connectivity index (χ1v) is 14.0. The van der Waals surface area contributed by atoms with Crippen LogP contribution in [0.3, 0.4) is 0 Å². The van der Waals surface area contributed by atoms with E-state index in [4.69, 9.17) is 23.2 Å². The van der Waals surface area contributed by atoms with Crippen molar-refractivity contribution in [3.63, 3.8) is 0 Å². The third-order valence-corrected chi connectivity index (χ3v) is 8.74. The predicted octanol–water partition coefficient (Wildman–Crippen LogP) is 3.91. The van der Waals surface area contributed by atoms with Gasteiger partial charge in [-0.1, -0.05) is 71.7 Å². The highest BCUT2D eigenvalue weighted by molar-refractivity contribution is 7.90. The van der Waals surface area contributed by atoms with Crippen LogP contribution in [0.15, 0.2) is 77.7 Å². The average molecular weight is 574 g/mol. The van der Waals surface area contributed by atoms with Gasteiger partial charge in [-0.2, -0.15) is 0 Å². The Balaban J connectivity index is 1.63. The monoisotopic (exact) mass is 573 g/mol. The normalized spacial score (nSPS) is 14.6. The summed E-state index contributed by atoms with van der Waals surface area (Å²) in [6, 6.07) is 19.0. The molecule has 1 N–H and O–H groups in total. The van der Waals surface area contributed by atoms with Gasteiger partial charge in [0.15, 0.2) is 0 Å². The van der Waals surface area contributed by atoms with Crippen molar-refractivity contribution in [3.8, 4) is 0 Å². The van der Waals surface area contributed by atoms with Crippen LogP contribution >= 0.6 is 23.2 Å². The zero-order chi connectivity index (χ0) is 27.4. The highest BCUT2D eigenvalue weighted by atomic mass is 35.5. The number of benzene rings is 3. The van der Waals surface area contributed by atoms with E-state index in [-0.39, 0.29) is 36.4 Å². The van der Waals surface area contributed by atoms with Crippen molar-refractivity contribution in [1.29, 1.82) is 0 Å². The number of hydrogen-bond acceptors (Lipinski definition) is 5. The van der Waals surface area contributed by atoms with Crippen LogP contribution in [0.1, 0.15) is 27.9 Å². The number of nitrogens with one attached hydrogen (secondary N) is 1. The van der Waals surface area contributed by atoms with E-state index in [9.17, 15) is 22.8 Å². The number of carbonyl (C=O) groups is 3. The molecular weight excluding hydrogens is 549 g/mol. The van der Waals surface area contributed by atoms with Crippen LogP contribution in [0.25, 0.3) is 0 Å². The fourth-order valence-corrected chi connectivity index (χ4v) is 6.38. The topological polar surface area (TPSA) is 104 Å². The largest absolute Gasteiger partial charge is 0.357 e. The molecule has 1 aliphatic heterocycles. The number of hydrogen-bond donors (Lipinski definition) is 1. The van der Waals surface area contributed by atoms with Gasteiger partial charge in [-0.25, -0.2) is 12.7 Å². The van der Waals surface area contributed by atoms with Gasteiger partial charge in [-0.3, -0.25) is 14.4 Å². The van der Waals surface area contributed by atoms with Crippen LogP contribution in [0.2, 0.25) is 10.0 Å². The van der Waals surface area contributed by atoms with Gasteiger partial charge in [0, 0.05) is 43.0 Å². The number of likely N-dealkylation sites (N-methyl/N-ethyl adjacent to an activating group) is 1. The summed E-state index contributed by atoms with van der Waals surface area (Å²) in [6.45, 7) is -0.397. The lowest BCUT2D eigenvalue weighted by atomic mass is 10.0. The Morgan fingerprint density at radius 3 is 2.34 bits per heavy atom. The van der Waals surface area contributed by atoms with Gasteiger partial charge < -0.3 is 10.2 Å². The van der Waals surface area contributed by atoms with Crippen LogP contribution < -0.4 is 5.32 Å². The minimum atomic E-state index is -4.08. The Labute approximate surface area is 231 Å². The molecule has 0 fully saturated rings. The van der Waals surface area contributed by atoms with Crippen molar-refractivity contribution >= 4 is 50.9 Å². The molecule has 4 rings (SSSR count). The first-order chi connectivity index (χ1) is 18.1. The van der Waals surface area contributed by atoms with E-state index in [2.05, 4.69) is 5.32 Å². The van der Waals surface area contributed by atoms with Crippen molar-refractivity contribution in [1.82, 2.24) is 14.5 Å². The van der Waals surface area contributed by atoms with Gasteiger partial charge >= 0.3 is 0 Å². The number of halogens is 2. The van der Waals surface area contributed by atoms with Crippen molar-refractivity contribution < 1.29 is 22.8 Å². The van der Waals surface area contributed by atoms with Crippen LogP contribution in [-0.2, 0) is 32.6 Å². The molecular formula is C27H25Cl2N3O5S.